The van der Waals surface area contributed by atoms with Gasteiger partial charge in [0, 0.05) is 12.1 Å². The van der Waals surface area contributed by atoms with Gasteiger partial charge in [-0.3, -0.25) is 4.68 Å². The molecule has 0 radical (unpaired) electrons. The van der Waals surface area contributed by atoms with E-state index in [4.69, 9.17) is 17.3 Å². The molecule has 104 valence electrons. The van der Waals surface area contributed by atoms with Crippen molar-refractivity contribution in [2.24, 2.45) is 5.73 Å². The Morgan fingerprint density at radius 1 is 1.50 bits per heavy atom. The zero-order valence-electron chi connectivity index (χ0n) is 12.1. The molecular weight excluding hydrogens is 248 g/mol. The van der Waals surface area contributed by atoms with Crippen LogP contribution in [-0.2, 0) is 6.54 Å². The van der Waals surface area contributed by atoms with E-state index in [1.807, 2.05) is 4.68 Å². The third-order valence-electron chi connectivity index (χ3n) is 3.97. The van der Waals surface area contributed by atoms with E-state index in [0.717, 1.165) is 25.1 Å². The van der Waals surface area contributed by atoms with Gasteiger partial charge in [0.25, 0.3) is 0 Å². The molecule has 0 aliphatic carbocycles. The minimum atomic E-state index is -0.154. The third kappa shape index (κ3) is 2.71. The average molecular weight is 273 g/mol. The van der Waals surface area contributed by atoms with Gasteiger partial charge in [-0.1, -0.05) is 25.4 Å². The SMILES string of the molecule is CCCn1ncc(Cl)c1C(N)C(C)(CC)N(C)C. The van der Waals surface area contributed by atoms with Gasteiger partial charge >= 0.3 is 0 Å². The molecule has 1 rings (SSSR count). The number of nitrogens with zero attached hydrogens (tertiary/aromatic N) is 3. The summed E-state index contributed by atoms with van der Waals surface area (Å²) in [5.41, 5.74) is 7.29. The van der Waals surface area contributed by atoms with E-state index in [1.165, 1.54) is 0 Å². The molecule has 2 unspecified atom stereocenters. The van der Waals surface area contributed by atoms with Crippen molar-refractivity contribution in [3.05, 3.63) is 16.9 Å². The third-order valence-corrected chi connectivity index (χ3v) is 4.26. The molecule has 5 heteroatoms. The predicted molar refractivity (Wildman–Crippen MR) is 76.8 cm³/mol. The molecule has 18 heavy (non-hydrogen) atoms. The monoisotopic (exact) mass is 272 g/mol. The summed E-state index contributed by atoms with van der Waals surface area (Å²) in [6, 6.07) is -0.154. The van der Waals surface area contributed by atoms with Crippen LogP contribution in [-0.4, -0.2) is 34.3 Å². The summed E-state index contributed by atoms with van der Waals surface area (Å²) in [5.74, 6) is 0. The molecule has 1 aromatic heterocycles. The first-order valence-electron chi connectivity index (χ1n) is 6.52. The second kappa shape index (κ2) is 6.04. The largest absolute Gasteiger partial charge is 0.321 e. The fourth-order valence-corrected chi connectivity index (χ4v) is 2.44. The highest BCUT2D eigenvalue weighted by molar-refractivity contribution is 6.31. The number of nitrogens with two attached hydrogens (primary N) is 1. The van der Waals surface area contributed by atoms with Crippen molar-refractivity contribution in [3.63, 3.8) is 0 Å². The molecule has 0 fully saturated rings. The number of aryl methyl sites for hydroxylation is 1. The minimum absolute atomic E-state index is 0.130. The van der Waals surface area contributed by atoms with Gasteiger partial charge in [0.1, 0.15) is 0 Å². The lowest BCUT2D eigenvalue weighted by Gasteiger charge is -2.41. The normalized spacial score (nSPS) is 16.9. The van der Waals surface area contributed by atoms with Crippen LogP contribution < -0.4 is 5.73 Å². The maximum atomic E-state index is 6.47. The Balaban J connectivity index is 3.16. The van der Waals surface area contributed by atoms with Crippen LogP contribution >= 0.6 is 11.6 Å². The molecule has 0 aliphatic rings. The summed E-state index contributed by atoms with van der Waals surface area (Å²) in [6.45, 7) is 7.28. The van der Waals surface area contributed by atoms with Crippen LogP contribution in [0.5, 0.6) is 0 Å². The van der Waals surface area contributed by atoms with Crippen molar-refractivity contribution in [2.45, 2.75) is 51.7 Å². The van der Waals surface area contributed by atoms with Gasteiger partial charge < -0.3 is 10.6 Å². The summed E-state index contributed by atoms with van der Waals surface area (Å²) in [7, 11) is 4.11. The predicted octanol–water partition coefficient (Wildman–Crippen LogP) is 2.68. The van der Waals surface area contributed by atoms with Crippen LogP contribution in [0.1, 0.15) is 45.3 Å². The van der Waals surface area contributed by atoms with Gasteiger partial charge in [-0.2, -0.15) is 5.10 Å². The number of rotatable bonds is 6. The molecule has 2 N–H and O–H groups in total. The van der Waals surface area contributed by atoms with Crippen molar-refractivity contribution >= 4 is 11.6 Å². The van der Waals surface area contributed by atoms with Gasteiger partial charge in [-0.25, -0.2) is 0 Å². The molecule has 4 nitrogen and oxygen atoms in total. The molecule has 0 aromatic carbocycles. The first-order chi connectivity index (χ1) is 8.38. The summed E-state index contributed by atoms with van der Waals surface area (Å²) in [4.78, 5) is 2.16. The Bertz CT molecular complexity index is 388. The topological polar surface area (TPSA) is 47.1 Å². The van der Waals surface area contributed by atoms with E-state index in [-0.39, 0.29) is 11.6 Å². The van der Waals surface area contributed by atoms with Gasteiger partial charge in [-0.15, -0.1) is 0 Å². The number of likely N-dealkylation sites (N-methyl/N-ethyl adjacent to an activating group) is 1. The van der Waals surface area contributed by atoms with Crippen molar-refractivity contribution < 1.29 is 0 Å². The minimum Gasteiger partial charge on any atom is -0.321 e. The van der Waals surface area contributed by atoms with Crippen molar-refractivity contribution in [2.75, 3.05) is 14.1 Å². The maximum Gasteiger partial charge on any atom is 0.0834 e. The summed E-state index contributed by atoms with van der Waals surface area (Å²) in [6.07, 6.45) is 3.66. The van der Waals surface area contributed by atoms with Crippen LogP contribution in [0.15, 0.2) is 6.20 Å². The zero-order valence-corrected chi connectivity index (χ0v) is 12.8. The average Bonchev–Trinajstić information content (AvgIpc) is 2.68. The molecule has 1 aromatic rings. The van der Waals surface area contributed by atoms with Gasteiger partial charge in [-0.05, 0) is 33.9 Å². The smallest absolute Gasteiger partial charge is 0.0834 e. The summed E-state index contributed by atoms with van der Waals surface area (Å²) >= 11 is 6.26. The molecule has 0 aliphatic heterocycles. The fraction of sp³-hybridized carbons (Fsp3) is 0.769. The number of hydrogen-bond donors (Lipinski definition) is 1. The van der Waals surface area contributed by atoms with Crippen LogP contribution in [0.3, 0.4) is 0 Å². The molecule has 0 spiro atoms. The lowest BCUT2D eigenvalue weighted by molar-refractivity contribution is 0.127. The maximum absolute atomic E-state index is 6.47. The second-order valence-electron chi connectivity index (χ2n) is 5.18. The summed E-state index contributed by atoms with van der Waals surface area (Å²) in [5, 5.41) is 4.98. The van der Waals surface area contributed by atoms with E-state index in [2.05, 4.69) is 44.9 Å². The van der Waals surface area contributed by atoms with Gasteiger partial charge in [0.2, 0.25) is 0 Å². The van der Waals surface area contributed by atoms with Gasteiger partial charge in [0.15, 0.2) is 0 Å². The first-order valence-corrected chi connectivity index (χ1v) is 6.90. The van der Waals surface area contributed by atoms with Crippen LogP contribution in [0.2, 0.25) is 5.02 Å². The highest BCUT2D eigenvalue weighted by atomic mass is 35.5. The lowest BCUT2D eigenvalue weighted by Crippen LogP contribution is -2.50. The van der Waals surface area contributed by atoms with Gasteiger partial charge in [0.05, 0.1) is 23.0 Å². The van der Waals surface area contributed by atoms with Crippen LogP contribution in [0.4, 0.5) is 0 Å². The summed E-state index contributed by atoms with van der Waals surface area (Å²) < 4.78 is 1.93. The van der Waals surface area contributed by atoms with E-state index < -0.39 is 0 Å². The molecule has 0 amide bonds. The highest BCUT2D eigenvalue weighted by Gasteiger charge is 2.36. The lowest BCUT2D eigenvalue weighted by atomic mass is 9.86. The first kappa shape index (κ1) is 15.5. The second-order valence-corrected chi connectivity index (χ2v) is 5.59. The Labute approximate surface area is 115 Å². The molecule has 0 saturated heterocycles. The zero-order chi connectivity index (χ0) is 13.9. The molecule has 0 bridgehead atoms. The fourth-order valence-electron chi connectivity index (χ4n) is 2.18. The number of halogens is 1. The van der Waals surface area contributed by atoms with E-state index in [9.17, 15) is 0 Å². The van der Waals surface area contributed by atoms with E-state index in [1.54, 1.807) is 6.20 Å². The van der Waals surface area contributed by atoms with E-state index in [0.29, 0.717) is 5.02 Å². The number of hydrogen-bond acceptors (Lipinski definition) is 3. The molecule has 0 saturated carbocycles. The standard InChI is InChI=1S/C13H25ClN4/c1-6-8-18-11(10(14)9-16-18)12(15)13(3,7-2)17(4)5/h9,12H,6-8,15H2,1-5H3. The van der Waals surface area contributed by atoms with Crippen molar-refractivity contribution in [1.82, 2.24) is 14.7 Å². The van der Waals surface area contributed by atoms with Crippen LogP contribution in [0.25, 0.3) is 0 Å². The quantitative estimate of drug-likeness (QED) is 0.866. The molecule has 1 heterocycles. The Morgan fingerprint density at radius 3 is 2.56 bits per heavy atom. The molecular formula is C13H25ClN4. The Kier molecular flexibility index (Phi) is 5.20. The van der Waals surface area contributed by atoms with Crippen molar-refractivity contribution in [3.8, 4) is 0 Å². The van der Waals surface area contributed by atoms with Crippen molar-refractivity contribution in [1.29, 1.82) is 0 Å². The number of aromatic nitrogens is 2. The molecule has 2 atom stereocenters. The van der Waals surface area contributed by atoms with E-state index >= 15 is 0 Å². The highest BCUT2D eigenvalue weighted by Crippen LogP contribution is 2.34. The Hall–Kier alpha value is -0.580. The van der Waals surface area contributed by atoms with Crippen LogP contribution in [0, 0.1) is 0 Å². The Morgan fingerprint density at radius 2 is 2.11 bits per heavy atom.